The average molecular weight is 120 g/mol. The monoisotopic (exact) mass is 120 g/mol. The summed E-state index contributed by atoms with van der Waals surface area (Å²) in [6.07, 6.45) is 0. The molecule has 2 radical (unpaired) electrons. The fraction of sp³-hybridized carbons (Fsp3) is 0.500. The molecular weight excluding hydrogens is 114 g/mol. The third-order valence-corrected chi connectivity index (χ3v) is 0.407. The second-order valence-electron chi connectivity index (χ2n) is 1.37. The van der Waals surface area contributed by atoms with E-state index in [-0.39, 0.29) is 40.9 Å². The molecule has 4 heteroatoms. The molecule has 8 heavy (non-hydrogen) atoms. The number of carbonyl (C=O) groups is 2. The molecule has 0 aromatic carbocycles. The molecule has 0 N–H and O–H groups in total. The van der Waals surface area contributed by atoms with E-state index in [1.54, 1.807) is 0 Å². The molecule has 0 spiro atoms. The third-order valence-electron chi connectivity index (χ3n) is 0.407. The van der Waals surface area contributed by atoms with Crippen molar-refractivity contribution in [2.24, 2.45) is 0 Å². The average Bonchev–Trinajstić information content (AvgIpc) is 1.27. The minimum absolute atomic E-state index is 0. The van der Waals surface area contributed by atoms with Crippen molar-refractivity contribution in [2.75, 3.05) is 0 Å². The molecule has 0 aliphatic heterocycles. The zero-order valence-corrected chi connectivity index (χ0v) is 7.39. The Hall–Kier alpha value is 0.405. The van der Waals surface area contributed by atoms with E-state index in [4.69, 9.17) is 0 Å². The summed E-state index contributed by atoms with van der Waals surface area (Å²) in [7, 11) is 1.06. The SMILES string of the molecule is CC(=O)[B-]C(C)=O.[Na+]. The second kappa shape index (κ2) is 5.54. The molecule has 0 saturated carbocycles. The fourth-order valence-electron chi connectivity index (χ4n) is 0.286. The van der Waals surface area contributed by atoms with E-state index in [2.05, 4.69) is 0 Å². The van der Waals surface area contributed by atoms with E-state index in [9.17, 15) is 9.59 Å². The minimum Gasteiger partial charge on any atom is -0.353 e. The first-order chi connectivity index (χ1) is 3.13. The normalized spacial score (nSPS) is 7.25. The molecule has 0 fully saturated rings. The van der Waals surface area contributed by atoms with Gasteiger partial charge in [-0.2, -0.15) is 7.28 Å². The zero-order valence-electron chi connectivity index (χ0n) is 5.39. The van der Waals surface area contributed by atoms with Gasteiger partial charge in [0.25, 0.3) is 0 Å². The van der Waals surface area contributed by atoms with Crippen molar-refractivity contribution < 1.29 is 39.1 Å². The maximum atomic E-state index is 9.98. The van der Waals surface area contributed by atoms with Crippen LogP contribution in [0.3, 0.4) is 0 Å². The van der Waals surface area contributed by atoms with Gasteiger partial charge in [-0.3, -0.25) is 0 Å². The van der Waals surface area contributed by atoms with E-state index in [0.29, 0.717) is 0 Å². The maximum Gasteiger partial charge on any atom is 1.00 e. The Kier molecular flexibility index (Phi) is 7.78. The summed E-state index contributed by atoms with van der Waals surface area (Å²) >= 11 is 0. The number of rotatable bonds is 2. The van der Waals surface area contributed by atoms with E-state index in [1.165, 1.54) is 13.8 Å². The molecule has 38 valence electrons. The van der Waals surface area contributed by atoms with Gasteiger partial charge in [0.15, 0.2) is 0 Å². The zero-order chi connectivity index (χ0) is 5.86. The summed E-state index contributed by atoms with van der Waals surface area (Å²) < 4.78 is 0. The summed E-state index contributed by atoms with van der Waals surface area (Å²) in [6, 6.07) is 0. The van der Waals surface area contributed by atoms with Gasteiger partial charge in [0.2, 0.25) is 0 Å². The third kappa shape index (κ3) is 9.64. The quantitative estimate of drug-likeness (QED) is 0.359. The Bertz CT molecular complexity index is 90.2. The molecule has 0 aromatic heterocycles. The van der Waals surface area contributed by atoms with Gasteiger partial charge in [0.1, 0.15) is 0 Å². The predicted molar refractivity (Wildman–Crippen MR) is 27.1 cm³/mol. The molecule has 0 aliphatic rings. The summed E-state index contributed by atoms with van der Waals surface area (Å²) in [6.45, 7) is 2.70. The number of carbonyl (C=O) groups excluding carboxylic acids is 2. The van der Waals surface area contributed by atoms with Crippen molar-refractivity contribution >= 4 is 18.6 Å². The molecule has 0 unspecified atom stereocenters. The van der Waals surface area contributed by atoms with Gasteiger partial charge in [-0.05, 0) is 0 Å². The van der Waals surface area contributed by atoms with Crippen LogP contribution in [0, 0.1) is 0 Å². The standard InChI is InChI=1S/C4H6BO2.Na/c1-3(6)5-4(2)7;/h1-2H3;/q-1;+1. The Morgan fingerprint density at radius 3 is 1.38 bits per heavy atom. The Balaban J connectivity index is 0. The van der Waals surface area contributed by atoms with Crippen molar-refractivity contribution in [1.29, 1.82) is 0 Å². The van der Waals surface area contributed by atoms with Gasteiger partial charge in [-0.15, -0.1) is 0 Å². The van der Waals surface area contributed by atoms with Crippen LogP contribution in [0.25, 0.3) is 0 Å². The molecule has 0 bridgehead atoms. The Morgan fingerprint density at radius 1 is 1.12 bits per heavy atom. The first-order valence-electron chi connectivity index (χ1n) is 1.99. The van der Waals surface area contributed by atoms with Crippen LogP contribution in [0.15, 0.2) is 0 Å². The predicted octanol–water partition coefficient (Wildman–Crippen LogP) is -3.21. The first kappa shape index (κ1) is 11.2. The van der Waals surface area contributed by atoms with E-state index in [1.807, 2.05) is 0 Å². The Morgan fingerprint density at radius 2 is 1.38 bits per heavy atom. The fourth-order valence-corrected chi connectivity index (χ4v) is 0.286. The van der Waals surface area contributed by atoms with Gasteiger partial charge >= 0.3 is 29.6 Å². The molecule has 0 aromatic rings. The van der Waals surface area contributed by atoms with E-state index >= 15 is 0 Å². The van der Waals surface area contributed by atoms with Gasteiger partial charge in [-0.1, -0.05) is 25.2 Å². The molecule has 0 aliphatic carbocycles. The number of hydrogen-bond acceptors (Lipinski definition) is 2. The van der Waals surface area contributed by atoms with Crippen LogP contribution in [0.4, 0.5) is 0 Å². The summed E-state index contributed by atoms with van der Waals surface area (Å²) in [5, 5.41) is 0. The van der Waals surface area contributed by atoms with Crippen molar-refractivity contribution in [3.05, 3.63) is 0 Å². The summed E-state index contributed by atoms with van der Waals surface area (Å²) in [5.74, 6) is 0. The van der Waals surface area contributed by atoms with Crippen LogP contribution in [-0.2, 0) is 9.59 Å². The van der Waals surface area contributed by atoms with Crippen molar-refractivity contribution in [1.82, 2.24) is 0 Å². The largest absolute Gasteiger partial charge is 1.00 e. The van der Waals surface area contributed by atoms with Crippen molar-refractivity contribution in [3.63, 3.8) is 0 Å². The molecular formula is C4H6BNaO2. The van der Waals surface area contributed by atoms with Crippen LogP contribution in [0.5, 0.6) is 0 Å². The van der Waals surface area contributed by atoms with Gasteiger partial charge < -0.3 is 9.59 Å². The van der Waals surface area contributed by atoms with Crippen LogP contribution < -0.4 is 29.6 Å². The van der Waals surface area contributed by atoms with E-state index < -0.39 is 0 Å². The van der Waals surface area contributed by atoms with Crippen LogP contribution >= 0.6 is 0 Å². The molecule has 0 amide bonds. The maximum absolute atomic E-state index is 9.98. The van der Waals surface area contributed by atoms with Gasteiger partial charge in [0, 0.05) is 0 Å². The van der Waals surface area contributed by atoms with Crippen LogP contribution in [0.2, 0.25) is 0 Å². The van der Waals surface area contributed by atoms with Gasteiger partial charge in [0.05, 0.1) is 0 Å². The van der Waals surface area contributed by atoms with Crippen molar-refractivity contribution in [3.8, 4) is 0 Å². The topological polar surface area (TPSA) is 34.1 Å². The Labute approximate surface area is 71.6 Å². The minimum atomic E-state index is -0.187. The first-order valence-corrected chi connectivity index (χ1v) is 1.99. The molecule has 0 atom stereocenters. The van der Waals surface area contributed by atoms with Gasteiger partial charge in [-0.25, -0.2) is 0 Å². The van der Waals surface area contributed by atoms with E-state index in [0.717, 1.165) is 7.28 Å². The molecule has 0 heterocycles. The van der Waals surface area contributed by atoms with Crippen LogP contribution in [0.1, 0.15) is 13.8 Å². The molecule has 0 saturated heterocycles. The second-order valence-corrected chi connectivity index (χ2v) is 1.37. The molecule has 0 rings (SSSR count). The smallest absolute Gasteiger partial charge is 0.353 e. The molecule has 2 nitrogen and oxygen atoms in total. The summed E-state index contributed by atoms with van der Waals surface area (Å²) in [5.41, 5.74) is -0.375. The van der Waals surface area contributed by atoms with Crippen LogP contribution in [-0.4, -0.2) is 18.6 Å². The summed E-state index contributed by atoms with van der Waals surface area (Å²) in [4.78, 5) is 20.0. The number of hydrogen-bond donors (Lipinski definition) is 0. The van der Waals surface area contributed by atoms with Crippen molar-refractivity contribution in [2.45, 2.75) is 13.8 Å².